The fourth-order valence-electron chi connectivity index (χ4n) is 4.42. The van der Waals surface area contributed by atoms with E-state index >= 15 is 0 Å². The van der Waals surface area contributed by atoms with Gasteiger partial charge in [-0.2, -0.15) is 13.2 Å². The quantitative estimate of drug-likeness (QED) is 0.106. The average molecular weight is 664 g/mol. The zero-order valence-electron chi connectivity index (χ0n) is 25.7. The Morgan fingerprint density at radius 1 is 0.851 bits per heavy atom. The summed E-state index contributed by atoms with van der Waals surface area (Å²) in [5.74, 6) is -0.790. The molecule has 0 saturated heterocycles. The third kappa shape index (κ3) is 9.39. The van der Waals surface area contributed by atoms with Gasteiger partial charge in [0.15, 0.2) is 0 Å². The monoisotopic (exact) mass is 663 g/mol. The second-order valence-electron chi connectivity index (χ2n) is 10.0. The van der Waals surface area contributed by atoms with Gasteiger partial charge in [0.05, 0.1) is 30.7 Å². The minimum Gasteiger partial charge on any atom is -0.497 e. The van der Waals surface area contributed by atoms with E-state index in [9.17, 15) is 27.6 Å². The first-order chi connectivity index (χ1) is 22.5. The Labute approximate surface area is 274 Å². The Balaban J connectivity index is 1.55. The minimum atomic E-state index is -4.63. The number of para-hydroxylation sites is 1. The molecule has 0 aliphatic heterocycles. The molecule has 8 nitrogen and oxygen atoms in total. The Kier molecular flexibility index (Phi) is 11.7. The van der Waals surface area contributed by atoms with Crippen LogP contribution < -0.4 is 25.4 Å². The number of amides is 3. The molecule has 0 aliphatic carbocycles. The fraction of sp³-hybridized carbons (Fsp3) is 0.171. The van der Waals surface area contributed by atoms with Crippen LogP contribution in [-0.4, -0.2) is 37.2 Å². The van der Waals surface area contributed by atoms with Crippen molar-refractivity contribution in [2.45, 2.75) is 29.7 Å². The van der Waals surface area contributed by atoms with E-state index in [1.54, 1.807) is 79.7 Å². The highest BCUT2D eigenvalue weighted by Crippen LogP contribution is 2.36. The largest absolute Gasteiger partial charge is 0.497 e. The summed E-state index contributed by atoms with van der Waals surface area (Å²) in [6, 6.07) is 24.8. The smallest absolute Gasteiger partial charge is 0.418 e. The Hall–Kier alpha value is -5.23. The lowest BCUT2D eigenvalue weighted by atomic mass is 10.1. The van der Waals surface area contributed by atoms with Crippen molar-refractivity contribution in [1.29, 1.82) is 0 Å². The maximum Gasteiger partial charge on any atom is 0.418 e. The summed E-state index contributed by atoms with van der Waals surface area (Å²) in [5, 5.41) is 7.13. The molecule has 4 rings (SSSR count). The van der Waals surface area contributed by atoms with Crippen LogP contribution in [0.5, 0.6) is 11.5 Å². The molecule has 0 spiro atoms. The average Bonchev–Trinajstić information content (AvgIpc) is 3.07. The van der Waals surface area contributed by atoms with Crippen molar-refractivity contribution in [3.8, 4) is 11.5 Å². The first-order valence-electron chi connectivity index (χ1n) is 14.4. The summed E-state index contributed by atoms with van der Waals surface area (Å²) in [7, 11) is 2.98. The molecule has 3 N–H and O–H groups in total. The number of hydrogen-bond donors (Lipinski definition) is 3. The lowest BCUT2D eigenvalue weighted by Gasteiger charge is -2.18. The summed E-state index contributed by atoms with van der Waals surface area (Å²) >= 11 is 1.14. The van der Waals surface area contributed by atoms with Crippen LogP contribution in [0.15, 0.2) is 108 Å². The predicted molar refractivity (Wildman–Crippen MR) is 177 cm³/mol. The van der Waals surface area contributed by atoms with Crippen LogP contribution >= 0.6 is 11.8 Å². The topological polar surface area (TPSA) is 106 Å². The molecular formula is C35H32F3N3O5S. The number of anilines is 2. The SMILES string of the molecule is CCC(Sc1cccc(NC(=O)/C(=C\c2ccc(OC)cc2OC)NC(=O)c2ccccc2)c1)C(=O)Nc1ccccc1C(F)(F)F. The zero-order chi connectivity index (χ0) is 34.0. The van der Waals surface area contributed by atoms with Gasteiger partial charge < -0.3 is 25.4 Å². The number of carbonyl (C=O) groups is 3. The molecule has 0 heterocycles. The van der Waals surface area contributed by atoms with Crippen LogP contribution in [0.2, 0.25) is 0 Å². The molecule has 47 heavy (non-hydrogen) atoms. The van der Waals surface area contributed by atoms with Gasteiger partial charge in [0.2, 0.25) is 5.91 Å². The second kappa shape index (κ2) is 15.9. The number of thioether (sulfide) groups is 1. The normalized spacial score (nSPS) is 12.1. The van der Waals surface area contributed by atoms with Gasteiger partial charge in [0, 0.05) is 27.8 Å². The van der Waals surface area contributed by atoms with Crippen LogP contribution in [0.3, 0.4) is 0 Å². The number of hydrogen-bond acceptors (Lipinski definition) is 6. The lowest BCUT2D eigenvalue weighted by Crippen LogP contribution is -2.30. The molecule has 0 bridgehead atoms. The van der Waals surface area contributed by atoms with Crippen molar-refractivity contribution in [1.82, 2.24) is 5.32 Å². The summed E-state index contributed by atoms with van der Waals surface area (Å²) in [5.41, 5.74) is -0.134. The van der Waals surface area contributed by atoms with Gasteiger partial charge in [-0.3, -0.25) is 14.4 Å². The van der Waals surface area contributed by atoms with Crippen molar-refractivity contribution >= 4 is 46.9 Å². The number of rotatable bonds is 12. The minimum absolute atomic E-state index is 0.0745. The molecule has 1 atom stereocenters. The highest BCUT2D eigenvalue weighted by molar-refractivity contribution is 8.00. The van der Waals surface area contributed by atoms with Crippen LogP contribution in [0.25, 0.3) is 6.08 Å². The molecular weight excluding hydrogens is 631 g/mol. The number of alkyl halides is 3. The third-order valence-electron chi connectivity index (χ3n) is 6.79. The molecule has 0 aromatic heterocycles. The summed E-state index contributed by atoms with van der Waals surface area (Å²) in [4.78, 5) is 40.3. The molecule has 3 amide bonds. The van der Waals surface area contributed by atoms with E-state index in [-0.39, 0.29) is 11.4 Å². The number of carbonyl (C=O) groups excluding carboxylic acids is 3. The molecule has 0 fully saturated rings. The van der Waals surface area contributed by atoms with Crippen molar-refractivity contribution in [2.75, 3.05) is 24.9 Å². The second-order valence-corrected chi connectivity index (χ2v) is 11.3. The van der Waals surface area contributed by atoms with Crippen molar-refractivity contribution in [2.24, 2.45) is 0 Å². The molecule has 4 aromatic rings. The summed E-state index contributed by atoms with van der Waals surface area (Å²) in [6.45, 7) is 1.75. The van der Waals surface area contributed by atoms with Gasteiger partial charge in [0.1, 0.15) is 17.2 Å². The molecule has 0 saturated carbocycles. The van der Waals surface area contributed by atoms with E-state index in [0.717, 1.165) is 17.8 Å². The van der Waals surface area contributed by atoms with Gasteiger partial charge in [-0.05, 0) is 67.1 Å². The third-order valence-corrected chi connectivity index (χ3v) is 8.15. The van der Waals surface area contributed by atoms with E-state index < -0.39 is 34.7 Å². The van der Waals surface area contributed by atoms with E-state index in [2.05, 4.69) is 16.0 Å². The zero-order valence-corrected chi connectivity index (χ0v) is 26.5. The van der Waals surface area contributed by atoms with Gasteiger partial charge in [-0.1, -0.05) is 43.3 Å². The van der Waals surface area contributed by atoms with Gasteiger partial charge in [0.25, 0.3) is 11.8 Å². The van der Waals surface area contributed by atoms with E-state index in [4.69, 9.17) is 9.47 Å². The molecule has 1 unspecified atom stereocenters. The number of ether oxygens (including phenoxy) is 2. The number of benzene rings is 4. The molecule has 0 aliphatic rings. The molecule has 4 aromatic carbocycles. The molecule has 0 radical (unpaired) electrons. The highest BCUT2D eigenvalue weighted by Gasteiger charge is 2.34. The van der Waals surface area contributed by atoms with Crippen LogP contribution in [0.1, 0.15) is 34.8 Å². The maximum atomic E-state index is 13.6. The van der Waals surface area contributed by atoms with E-state index in [0.29, 0.717) is 39.6 Å². The van der Waals surface area contributed by atoms with Crippen molar-refractivity contribution in [3.63, 3.8) is 0 Å². The van der Waals surface area contributed by atoms with Gasteiger partial charge >= 0.3 is 6.18 Å². The lowest BCUT2D eigenvalue weighted by molar-refractivity contribution is -0.137. The Bertz CT molecular complexity index is 1760. The van der Waals surface area contributed by atoms with Crippen LogP contribution in [0, 0.1) is 0 Å². The summed E-state index contributed by atoms with van der Waals surface area (Å²) < 4.78 is 51.1. The molecule has 244 valence electrons. The first kappa shape index (κ1) is 34.6. The number of methoxy groups -OCH3 is 2. The van der Waals surface area contributed by atoms with Crippen LogP contribution in [-0.2, 0) is 15.8 Å². The summed E-state index contributed by atoms with van der Waals surface area (Å²) in [6.07, 6.45) is -2.83. The number of halogens is 3. The standard InChI is InChI=1S/C35H32F3N3O5S/c1-4-31(34(44)40-28-16-9-8-15-27(28)35(36,37)38)47-26-14-10-13-24(20-26)39-33(43)29(41-32(42)22-11-6-5-7-12-22)19-23-17-18-25(45-2)21-30(23)46-3/h5-21,31H,4H2,1-3H3,(H,39,43)(H,40,44)(H,41,42)/b29-19+. The van der Waals surface area contributed by atoms with Gasteiger partial charge in [-0.25, -0.2) is 0 Å². The number of nitrogens with one attached hydrogen (secondary N) is 3. The van der Waals surface area contributed by atoms with E-state index in [1.807, 2.05) is 0 Å². The van der Waals surface area contributed by atoms with Gasteiger partial charge in [-0.15, -0.1) is 11.8 Å². The van der Waals surface area contributed by atoms with Crippen LogP contribution in [0.4, 0.5) is 24.5 Å². The van der Waals surface area contributed by atoms with Crippen molar-refractivity contribution < 1.29 is 37.0 Å². The molecule has 12 heteroatoms. The fourth-order valence-corrected chi connectivity index (χ4v) is 5.43. The Morgan fingerprint density at radius 3 is 2.26 bits per heavy atom. The Morgan fingerprint density at radius 2 is 1.57 bits per heavy atom. The maximum absolute atomic E-state index is 13.6. The van der Waals surface area contributed by atoms with Crippen molar-refractivity contribution in [3.05, 3.63) is 119 Å². The predicted octanol–water partition coefficient (Wildman–Crippen LogP) is 7.64. The highest BCUT2D eigenvalue weighted by atomic mass is 32.2. The van der Waals surface area contributed by atoms with E-state index in [1.165, 1.54) is 38.5 Å². The first-order valence-corrected chi connectivity index (χ1v) is 15.3.